The Balaban J connectivity index is 2.49. The van der Waals surface area contributed by atoms with Crippen LogP contribution in [0.15, 0.2) is 18.2 Å². The van der Waals surface area contributed by atoms with E-state index in [2.05, 4.69) is 22.0 Å². The molecule has 0 aliphatic carbocycles. The maximum atomic E-state index is 11.5. The minimum absolute atomic E-state index is 0.147. The van der Waals surface area contributed by atoms with E-state index in [1.54, 1.807) is 0 Å². The van der Waals surface area contributed by atoms with Crippen LogP contribution in [-0.4, -0.2) is 11.3 Å². The zero-order chi connectivity index (χ0) is 12.0. The van der Waals surface area contributed by atoms with Gasteiger partial charge in [0.05, 0.1) is 0 Å². The lowest BCUT2D eigenvalue weighted by Crippen LogP contribution is -2.07. The average molecular weight is 285 g/mol. The van der Waals surface area contributed by atoms with Crippen molar-refractivity contribution in [3.63, 3.8) is 0 Å². The minimum Gasteiger partial charge on any atom is -0.427 e. The molecule has 0 amide bonds. The number of carbonyl (C=O) groups excluding carboxylic acids is 1. The lowest BCUT2D eigenvalue weighted by Gasteiger charge is -2.06. The predicted molar refractivity (Wildman–Crippen MR) is 69.2 cm³/mol. The van der Waals surface area contributed by atoms with Gasteiger partial charge in [0.15, 0.2) is 0 Å². The Morgan fingerprint density at radius 2 is 1.81 bits per heavy atom. The quantitative estimate of drug-likeness (QED) is 0.356. The van der Waals surface area contributed by atoms with E-state index in [0.29, 0.717) is 12.2 Å². The largest absolute Gasteiger partial charge is 0.427 e. The number of carbonyl (C=O) groups is 1. The molecule has 1 rings (SSSR count). The van der Waals surface area contributed by atoms with Crippen molar-refractivity contribution in [2.45, 2.75) is 33.1 Å². The summed E-state index contributed by atoms with van der Waals surface area (Å²) < 4.78 is 5.27. The maximum Gasteiger partial charge on any atom is 0.311 e. The molecular formula is C13H17BrO2. The number of benzene rings is 1. The molecule has 0 atom stereocenters. The van der Waals surface area contributed by atoms with Crippen molar-refractivity contribution in [2.75, 3.05) is 5.33 Å². The number of halogens is 1. The van der Waals surface area contributed by atoms with E-state index in [1.165, 1.54) is 0 Å². The van der Waals surface area contributed by atoms with Gasteiger partial charge in [0.2, 0.25) is 0 Å². The third-order valence-electron chi connectivity index (χ3n) is 2.19. The molecule has 0 radical (unpaired) electrons. The van der Waals surface area contributed by atoms with E-state index in [-0.39, 0.29) is 5.97 Å². The zero-order valence-corrected chi connectivity index (χ0v) is 11.3. The monoisotopic (exact) mass is 284 g/mol. The van der Waals surface area contributed by atoms with Crippen molar-refractivity contribution in [2.24, 2.45) is 0 Å². The summed E-state index contributed by atoms with van der Waals surface area (Å²) in [6.45, 7) is 3.99. The van der Waals surface area contributed by atoms with Crippen LogP contribution in [-0.2, 0) is 4.79 Å². The first-order valence-electron chi connectivity index (χ1n) is 5.47. The van der Waals surface area contributed by atoms with Crippen LogP contribution in [0.2, 0.25) is 0 Å². The predicted octanol–water partition coefficient (Wildman–Crippen LogP) is 3.77. The SMILES string of the molecule is Cc1cc(C)cc(OC(=O)CCCCBr)c1. The summed E-state index contributed by atoms with van der Waals surface area (Å²) in [5, 5.41) is 0.934. The van der Waals surface area contributed by atoms with Gasteiger partial charge in [0.1, 0.15) is 5.75 Å². The standard InChI is InChI=1S/C13H17BrO2/c1-10-7-11(2)9-12(8-10)16-13(15)5-3-4-6-14/h7-9H,3-6H2,1-2H3. The number of esters is 1. The molecule has 1 aromatic carbocycles. The summed E-state index contributed by atoms with van der Waals surface area (Å²) in [4.78, 5) is 11.5. The molecule has 1 aromatic rings. The molecule has 0 bridgehead atoms. The molecule has 0 unspecified atom stereocenters. The Labute approximate surface area is 105 Å². The van der Waals surface area contributed by atoms with Crippen molar-refractivity contribution in [1.82, 2.24) is 0 Å². The van der Waals surface area contributed by atoms with Crippen LogP contribution in [0.4, 0.5) is 0 Å². The van der Waals surface area contributed by atoms with E-state index >= 15 is 0 Å². The van der Waals surface area contributed by atoms with Gasteiger partial charge in [-0.25, -0.2) is 0 Å². The minimum atomic E-state index is -0.147. The molecule has 88 valence electrons. The van der Waals surface area contributed by atoms with E-state index in [4.69, 9.17) is 4.74 Å². The number of hydrogen-bond acceptors (Lipinski definition) is 2. The molecule has 0 N–H and O–H groups in total. The van der Waals surface area contributed by atoms with Gasteiger partial charge in [-0.3, -0.25) is 4.79 Å². The summed E-state index contributed by atoms with van der Waals surface area (Å²) in [7, 11) is 0. The highest BCUT2D eigenvalue weighted by Crippen LogP contribution is 2.17. The van der Waals surface area contributed by atoms with Crippen molar-refractivity contribution in [3.05, 3.63) is 29.3 Å². The zero-order valence-electron chi connectivity index (χ0n) is 9.75. The molecule has 0 heterocycles. The fourth-order valence-electron chi connectivity index (χ4n) is 1.54. The number of hydrogen-bond donors (Lipinski definition) is 0. The van der Waals surface area contributed by atoms with Crippen molar-refractivity contribution >= 4 is 21.9 Å². The highest BCUT2D eigenvalue weighted by molar-refractivity contribution is 9.09. The molecule has 2 nitrogen and oxygen atoms in total. The lowest BCUT2D eigenvalue weighted by atomic mass is 10.1. The second kappa shape index (κ2) is 6.69. The number of rotatable bonds is 5. The topological polar surface area (TPSA) is 26.3 Å². The van der Waals surface area contributed by atoms with Crippen LogP contribution >= 0.6 is 15.9 Å². The van der Waals surface area contributed by atoms with Crippen molar-refractivity contribution < 1.29 is 9.53 Å². The van der Waals surface area contributed by atoms with Gasteiger partial charge in [-0.15, -0.1) is 0 Å². The van der Waals surface area contributed by atoms with Crippen LogP contribution in [0.1, 0.15) is 30.4 Å². The van der Waals surface area contributed by atoms with Gasteiger partial charge >= 0.3 is 5.97 Å². The van der Waals surface area contributed by atoms with Crippen molar-refractivity contribution in [3.8, 4) is 5.75 Å². The number of ether oxygens (including phenoxy) is 1. The summed E-state index contributed by atoms with van der Waals surface area (Å²) >= 11 is 3.33. The van der Waals surface area contributed by atoms with E-state index in [1.807, 2.05) is 26.0 Å². The van der Waals surface area contributed by atoms with Gasteiger partial charge in [0, 0.05) is 11.8 Å². The Morgan fingerprint density at radius 1 is 1.19 bits per heavy atom. The van der Waals surface area contributed by atoms with Crippen molar-refractivity contribution in [1.29, 1.82) is 0 Å². The molecule has 0 fully saturated rings. The molecular weight excluding hydrogens is 268 g/mol. The summed E-state index contributed by atoms with van der Waals surface area (Å²) in [5.74, 6) is 0.507. The van der Waals surface area contributed by atoms with Gasteiger partial charge in [0.25, 0.3) is 0 Å². The normalized spacial score (nSPS) is 10.2. The molecule has 0 aliphatic rings. The third kappa shape index (κ3) is 4.79. The Hall–Kier alpha value is -0.830. The molecule has 16 heavy (non-hydrogen) atoms. The Bertz CT molecular complexity index is 341. The molecule has 0 saturated carbocycles. The molecule has 3 heteroatoms. The molecule has 0 aliphatic heterocycles. The van der Waals surface area contributed by atoms with Gasteiger partial charge < -0.3 is 4.74 Å². The first kappa shape index (κ1) is 13.2. The second-order valence-electron chi connectivity index (χ2n) is 3.94. The maximum absolute atomic E-state index is 11.5. The fraction of sp³-hybridized carbons (Fsp3) is 0.462. The Kier molecular flexibility index (Phi) is 5.53. The van der Waals surface area contributed by atoms with Crippen LogP contribution in [0.25, 0.3) is 0 Å². The van der Waals surface area contributed by atoms with Gasteiger partial charge in [-0.05, 0) is 49.9 Å². The fourth-order valence-corrected chi connectivity index (χ4v) is 1.93. The van der Waals surface area contributed by atoms with E-state index < -0.39 is 0 Å². The second-order valence-corrected chi connectivity index (χ2v) is 4.74. The van der Waals surface area contributed by atoms with Crippen LogP contribution in [0, 0.1) is 13.8 Å². The number of alkyl halides is 1. The van der Waals surface area contributed by atoms with E-state index in [0.717, 1.165) is 29.3 Å². The number of unbranched alkanes of at least 4 members (excludes halogenated alkanes) is 1. The Morgan fingerprint density at radius 3 is 2.38 bits per heavy atom. The third-order valence-corrected chi connectivity index (χ3v) is 2.75. The lowest BCUT2D eigenvalue weighted by molar-refractivity contribution is -0.134. The van der Waals surface area contributed by atoms with Gasteiger partial charge in [-0.2, -0.15) is 0 Å². The smallest absolute Gasteiger partial charge is 0.311 e. The van der Waals surface area contributed by atoms with E-state index in [9.17, 15) is 4.79 Å². The van der Waals surface area contributed by atoms with Crippen LogP contribution in [0.5, 0.6) is 5.75 Å². The molecule has 0 aromatic heterocycles. The summed E-state index contributed by atoms with van der Waals surface area (Å²) in [5.41, 5.74) is 2.23. The van der Waals surface area contributed by atoms with Crippen LogP contribution in [0.3, 0.4) is 0 Å². The summed E-state index contributed by atoms with van der Waals surface area (Å²) in [6, 6.07) is 5.83. The molecule has 0 spiro atoms. The average Bonchev–Trinajstić information content (AvgIpc) is 2.16. The summed E-state index contributed by atoms with van der Waals surface area (Å²) in [6.07, 6.45) is 2.36. The number of aryl methyl sites for hydroxylation is 2. The van der Waals surface area contributed by atoms with Crippen LogP contribution < -0.4 is 4.74 Å². The first-order chi connectivity index (χ1) is 7.61. The highest BCUT2D eigenvalue weighted by Gasteiger charge is 2.05. The van der Waals surface area contributed by atoms with Gasteiger partial charge in [-0.1, -0.05) is 22.0 Å². The molecule has 0 saturated heterocycles. The highest BCUT2D eigenvalue weighted by atomic mass is 79.9. The first-order valence-corrected chi connectivity index (χ1v) is 6.59.